The van der Waals surface area contributed by atoms with Crippen molar-refractivity contribution in [1.82, 2.24) is 0 Å². The molecule has 0 bridgehead atoms. The van der Waals surface area contributed by atoms with Gasteiger partial charge in [0.2, 0.25) is 0 Å². The van der Waals surface area contributed by atoms with Crippen molar-refractivity contribution >= 4 is 21.6 Å². The summed E-state index contributed by atoms with van der Waals surface area (Å²) < 4.78 is 18.6. The number of hydrogen-bond acceptors (Lipinski definition) is 3. The van der Waals surface area contributed by atoms with Crippen LogP contribution in [0.3, 0.4) is 0 Å². The van der Waals surface area contributed by atoms with Crippen LogP contribution in [0.5, 0.6) is 0 Å². The van der Waals surface area contributed by atoms with Crippen molar-refractivity contribution in [3.8, 4) is 6.07 Å². The molecule has 1 rings (SSSR count). The zero-order chi connectivity index (χ0) is 11.3. The van der Waals surface area contributed by atoms with Crippen molar-refractivity contribution < 1.29 is 9.13 Å². The highest BCUT2D eigenvalue weighted by atomic mass is 79.9. The molecule has 0 aromatic heterocycles. The molecule has 0 aliphatic heterocycles. The van der Waals surface area contributed by atoms with Crippen LogP contribution in [0.15, 0.2) is 16.6 Å². The topological polar surface area (TPSA) is 45.0 Å². The molecular weight excluding hydrogens is 263 g/mol. The fourth-order valence-corrected chi connectivity index (χ4v) is 1.49. The summed E-state index contributed by atoms with van der Waals surface area (Å²) in [5.41, 5.74) is 0.641. The number of benzene rings is 1. The molecule has 0 unspecified atom stereocenters. The monoisotopic (exact) mass is 272 g/mol. The number of nitriles is 1. The Balaban J connectivity index is 2.83. The second-order valence-corrected chi connectivity index (χ2v) is 3.61. The third-order valence-electron chi connectivity index (χ3n) is 1.82. The van der Waals surface area contributed by atoms with Gasteiger partial charge in [-0.15, -0.1) is 0 Å². The highest BCUT2D eigenvalue weighted by Gasteiger charge is 2.10. The first kappa shape index (κ1) is 12.0. The average Bonchev–Trinajstić information content (AvgIpc) is 2.25. The number of rotatable bonds is 4. The molecule has 3 nitrogen and oxygen atoms in total. The van der Waals surface area contributed by atoms with Crippen LogP contribution in [0, 0.1) is 17.1 Å². The molecule has 80 valence electrons. The Bertz CT molecular complexity index is 390. The molecule has 0 aliphatic rings. The smallest absolute Gasteiger partial charge is 0.161 e. The first-order valence-electron chi connectivity index (χ1n) is 4.31. The molecule has 1 aromatic carbocycles. The second-order valence-electron chi connectivity index (χ2n) is 2.82. The fraction of sp³-hybridized carbons (Fsp3) is 0.300. The minimum absolute atomic E-state index is 0.187. The number of nitrogens with zero attached hydrogens (tertiary/aromatic N) is 1. The highest BCUT2D eigenvalue weighted by molar-refractivity contribution is 9.10. The molecule has 0 amide bonds. The standard InChI is InChI=1S/C10H10BrFN2O/c1-15-5-4-14-8-3-2-7(6-13)9(11)10(8)12/h2-3,14H,4-5H2,1H3. The number of methoxy groups -OCH3 is 1. The molecule has 0 aliphatic carbocycles. The van der Waals surface area contributed by atoms with Gasteiger partial charge in [-0.25, -0.2) is 4.39 Å². The molecule has 0 fully saturated rings. The summed E-state index contributed by atoms with van der Waals surface area (Å²) in [6, 6.07) is 4.99. The van der Waals surface area contributed by atoms with E-state index in [1.165, 1.54) is 6.07 Å². The lowest BCUT2D eigenvalue weighted by Gasteiger charge is -2.08. The summed E-state index contributed by atoms with van der Waals surface area (Å²) in [4.78, 5) is 0. The van der Waals surface area contributed by atoms with E-state index < -0.39 is 5.82 Å². The predicted octanol–water partition coefficient (Wildman–Crippen LogP) is 2.52. The lowest BCUT2D eigenvalue weighted by atomic mass is 10.2. The largest absolute Gasteiger partial charge is 0.383 e. The molecular formula is C10H10BrFN2O. The maximum Gasteiger partial charge on any atom is 0.161 e. The fourth-order valence-electron chi connectivity index (χ4n) is 1.06. The third kappa shape index (κ3) is 2.91. The van der Waals surface area contributed by atoms with E-state index in [2.05, 4.69) is 21.2 Å². The van der Waals surface area contributed by atoms with Crippen molar-refractivity contribution in [2.24, 2.45) is 0 Å². The van der Waals surface area contributed by atoms with E-state index in [1.54, 1.807) is 13.2 Å². The van der Waals surface area contributed by atoms with Gasteiger partial charge in [-0.2, -0.15) is 5.26 Å². The Kier molecular flexibility index (Phi) is 4.53. The summed E-state index contributed by atoms with van der Waals surface area (Å²) in [5, 5.41) is 11.5. The van der Waals surface area contributed by atoms with Gasteiger partial charge < -0.3 is 10.1 Å². The van der Waals surface area contributed by atoms with Crippen LogP contribution in [-0.4, -0.2) is 20.3 Å². The molecule has 0 spiro atoms. The van der Waals surface area contributed by atoms with Gasteiger partial charge in [0.25, 0.3) is 0 Å². The molecule has 1 N–H and O–H groups in total. The first-order chi connectivity index (χ1) is 7.20. The van der Waals surface area contributed by atoms with Gasteiger partial charge in [0.15, 0.2) is 5.82 Å². The van der Waals surface area contributed by atoms with E-state index in [4.69, 9.17) is 10.00 Å². The maximum absolute atomic E-state index is 13.6. The Hall–Kier alpha value is -1.12. The minimum atomic E-state index is -0.454. The predicted molar refractivity (Wildman–Crippen MR) is 59.2 cm³/mol. The number of hydrogen-bond donors (Lipinski definition) is 1. The van der Waals surface area contributed by atoms with Crippen LogP contribution in [0.1, 0.15) is 5.56 Å². The molecule has 0 heterocycles. The van der Waals surface area contributed by atoms with Gasteiger partial charge in [0.1, 0.15) is 6.07 Å². The summed E-state index contributed by atoms with van der Waals surface area (Å²) in [6.07, 6.45) is 0. The van der Waals surface area contributed by atoms with Gasteiger partial charge in [0, 0.05) is 13.7 Å². The van der Waals surface area contributed by atoms with Crippen molar-refractivity contribution in [2.75, 3.05) is 25.6 Å². The van der Waals surface area contributed by atoms with Gasteiger partial charge >= 0.3 is 0 Å². The van der Waals surface area contributed by atoms with Gasteiger partial charge in [0.05, 0.1) is 22.3 Å². The molecule has 0 saturated heterocycles. The second kappa shape index (κ2) is 5.69. The SMILES string of the molecule is COCCNc1ccc(C#N)c(Br)c1F. The van der Waals surface area contributed by atoms with Crippen LogP contribution >= 0.6 is 15.9 Å². The molecule has 15 heavy (non-hydrogen) atoms. The zero-order valence-electron chi connectivity index (χ0n) is 8.18. The highest BCUT2D eigenvalue weighted by Crippen LogP contribution is 2.26. The molecule has 5 heteroatoms. The zero-order valence-corrected chi connectivity index (χ0v) is 9.77. The van der Waals surface area contributed by atoms with Crippen LogP contribution < -0.4 is 5.32 Å². The lowest BCUT2D eigenvalue weighted by molar-refractivity contribution is 0.210. The maximum atomic E-state index is 13.6. The molecule has 0 radical (unpaired) electrons. The van der Waals surface area contributed by atoms with E-state index >= 15 is 0 Å². The Morgan fingerprint density at radius 2 is 2.33 bits per heavy atom. The third-order valence-corrected chi connectivity index (χ3v) is 2.60. The van der Waals surface area contributed by atoms with Crippen LogP contribution in [-0.2, 0) is 4.74 Å². The summed E-state index contributed by atoms with van der Waals surface area (Å²) in [7, 11) is 1.58. The number of ether oxygens (including phenoxy) is 1. The van der Waals surface area contributed by atoms with E-state index in [-0.39, 0.29) is 10.0 Å². The minimum Gasteiger partial charge on any atom is -0.383 e. The van der Waals surface area contributed by atoms with Crippen LogP contribution in [0.2, 0.25) is 0 Å². The summed E-state index contributed by atoms with van der Waals surface area (Å²) >= 11 is 3.03. The molecule has 0 saturated carbocycles. The van der Waals surface area contributed by atoms with E-state index in [1.807, 2.05) is 6.07 Å². The van der Waals surface area contributed by atoms with Crippen molar-refractivity contribution in [3.05, 3.63) is 28.0 Å². The average molecular weight is 273 g/mol. The van der Waals surface area contributed by atoms with E-state index in [0.717, 1.165) is 0 Å². The van der Waals surface area contributed by atoms with E-state index in [9.17, 15) is 4.39 Å². The van der Waals surface area contributed by atoms with Gasteiger partial charge in [-0.05, 0) is 28.1 Å². The van der Waals surface area contributed by atoms with Crippen LogP contribution in [0.25, 0.3) is 0 Å². The quantitative estimate of drug-likeness (QED) is 0.857. The first-order valence-corrected chi connectivity index (χ1v) is 5.11. The van der Waals surface area contributed by atoms with Crippen LogP contribution in [0.4, 0.5) is 10.1 Å². The number of anilines is 1. The Morgan fingerprint density at radius 3 is 2.93 bits per heavy atom. The Labute approximate surface area is 96.0 Å². The van der Waals surface area contributed by atoms with Gasteiger partial charge in [-0.3, -0.25) is 0 Å². The van der Waals surface area contributed by atoms with Gasteiger partial charge in [-0.1, -0.05) is 0 Å². The molecule has 0 atom stereocenters. The number of halogens is 2. The molecule has 1 aromatic rings. The normalized spacial score (nSPS) is 9.73. The van der Waals surface area contributed by atoms with Crippen molar-refractivity contribution in [3.63, 3.8) is 0 Å². The summed E-state index contributed by atoms with van der Waals surface area (Å²) in [5.74, 6) is -0.454. The Morgan fingerprint density at radius 1 is 1.60 bits per heavy atom. The number of nitrogens with one attached hydrogen (secondary N) is 1. The van der Waals surface area contributed by atoms with Crippen molar-refractivity contribution in [2.45, 2.75) is 0 Å². The lowest BCUT2D eigenvalue weighted by Crippen LogP contribution is -2.09. The summed E-state index contributed by atoms with van der Waals surface area (Å²) in [6.45, 7) is 1.02. The van der Waals surface area contributed by atoms with E-state index in [0.29, 0.717) is 18.8 Å². The van der Waals surface area contributed by atoms with Crippen molar-refractivity contribution in [1.29, 1.82) is 5.26 Å².